The van der Waals surface area contributed by atoms with Crippen LogP contribution >= 0.6 is 11.3 Å². The Morgan fingerprint density at radius 3 is 3.00 bits per heavy atom. The lowest BCUT2D eigenvalue weighted by atomic mass is 10.3. The van der Waals surface area contributed by atoms with E-state index < -0.39 is 0 Å². The molecule has 0 saturated heterocycles. The summed E-state index contributed by atoms with van der Waals surface area (Å²) in [7, 11) is 0. The van der Waals surface area contributed by atoms with Crippen LogP contribution in [-0.2, 0) is 6.54 Å². The van der Waals surface area contributed by atoms with Gasteiger partial charge in [0, 0.05) is 30.0 Å². The smallest absolute Gasteiger partial charge is 0.261 e. The number of aromatic nitrogens is 5. The van der Waals surface area contributed by atoms with Crippen molar-refractivity contribution >= 4 is 23.5 Å². The van der Waals surface area contributed by atoms with Crippen molar-refractivity contribution in [3.63, 3.8) is 0 Å². The monoisotopic (exact) mass is 339 g/mol. The van der Waals surface area contributed by atoms with Gasteiger partial charge in [-0.25, -0.2) is 9.97 Å². The minimum atomic E-state index is -0.175. The van der Waals surface area contributed by atoms with E-state index in [2.05, 4.69) is 20.1 Å². The Labute approximate surface area is 142 Å². The van der Waals surface area contributed by atoms with E-state index in [0.717, 1.165) is 23.9 Å². The third-order valence-corrected chi connectivity index (χ3v) is 4.95. The predicted octanol–water partition coefficient (Wildman–Crippen LogP) is 2.98. The van der Waals surface area contributed by atoms with Gasteiger partial charge in [0.2, 0.25) is 0 Å². The van der Waals surface area contributed by atoms with Crippen molar-refractivity contribution < 1.29 is 0 Å². The van der Waals surface area contributed by atoms with Crippen LogP contribution in [0.5, 0.6) is 0 Å². The lowest BCUT2D eigenvalue weighted by Gasteiger charge is -2.02. The number of thiazole rings is 1. The van der Waals surface area contributed by atoms with Crippen LogP contribution in [0.25, 0.3) is 22.7 Å². The molecule has 24 heavy (non-hydrogen) atoms. The number of rotatable bonds is 5. The summed E-state index contributed by atoms with van der Waals surface area (Å²) in [6.45, 7) is 2.86. The number of H-pyrrole nitrogens is 1. The molecule has 3 aromatic rings. The van der Waals surface area contributed by atoms with Gasteiger partial charge in [0.05, 0.1) is 11.3 Å². The maximum Gasteiger partial charge on any atom is 0.261 e. The van der Waals surface area contributed by atoms with Crippen LogP contribution in [0.1, 0.15) is 30.1 Å². The van der Waals surface area contributed by atoms with Gasteiger partial charge in [-0.15, -0.1) is 11.3 Å². The molecule has 7 heteroatoms. The van der Waals surface area contributed by atoms with E-state index in [9.17, 15) is 4.79 Å². The van der Waals surface area contributed by atoms with Gasteiger partial charge in [-0.05, 0) is 43.9 Å². The Morgan fingerprint density at radius 1 is 1.42 bits per heavy atom. The number of nitrogens with one attached hydrogen (secondary N) is 1. The molecule has 0 aromatic carbocycles. The quantitative estimate of drug-likeness (QED) is 0.775. The van der Waals surface area contributed by atoms with E-state index in [-0.39, 0.29) is 5.56 Å². The van der Waals surface area contributed by atoms with Crippen molar-refractivity contribution in [2.75, 3.05) is 0 Å². The average Bonchev–Trinajstić information content (AvgIpc) is 3.10. The molecular weight excluding hydrogens is 322 g/mol. The summed E-state index contributed by atoms with van der Waals surface area (Å²) in [4.78, 5) is 23.7. The van der Waals surface area contributed by atoms with Crippen LogP contribution in [0, 0.1) is 12.8 Å². The van der Waals surface area contributed by atoms with Gasteiger partial charge in [-0.2, -0.15) is 5.10 Å². The third-order valence-electron chi connectivity index (χ3n) is 3.96. The highest BCUT2D eigenvalue weighted by Gasteiger charge is 2.22. The number of aromatic amines is 1. The second-order valence-corrected chi connectivity index (χ2v) is 6.88. The number of hydrogen-bond donors (Lipinski definition) is 1. The topological polar surface area (TPSA) is 76.5 Å². The molecule has 0 bridgehead atoms. The van der Waals surface area contributed by atoms with Crippen molar-refractivity contribution in [2.24, 2.45) is 5.92 Å². The zero-order valence-electron chi connectivity index (χ0n) is 13.3. The van der Waals surface area contributed by atoms with E-state index >= 15 is 0 Å². The molecule has 4 rings (SSSR count). The largest absolute Gasteiger partial charge is 0.306 e. The Morgan fingerprint density at radius 2 is 2.29 bits per heavy atom. The van der Waals surface area contributed by atoms with E-state index in [1.807, 2.05) is 29.1 Å². The van der Waals surface area contributed by atoms with E-state index in [0.29, 0.717) is 16.4 Å². The Bertz CT molecular complexity index is 948. The predicted molar refractivity (Wildman–Crippen MR) is 94.6 cm³/mol. The standard InChI is InChI=1S/C17H17N5OS/c1-11-10-24-17(20-11)14-8-18-15(21-16(14)23)5-4-13-6-7-19-22(13)9-12-2-3-12/h4-8,10,12H,2-3,9H2,1H3,(H,18,21,23). The summed E-state index contributed by atoms with van der Waals surface area (Å²) in [5.74, 6) is 1.28. The number of nitrogens with zero attached hydrogens (tertiary/aromatic N) is 4. The van der Waals surface area contributed by atoms with Crippen molar-refractivity contribution in [2.45, 2.75) is 26.3 Å². The van der Waals surface area contributed by atoms with Gasteiger partial charge in [-0.1, -0.05) is 0 Å². The lowest BCUT2D eigenvalue weighted by Crippen LogP contribution is -2.11. The van der Waals surface area contributed by atoms with Crippen LogP contribution in [0.4, 0.5) is 0 Å². The minimum absolute atomic E-state index is 0.175. The van der Waals surface area contributed by atoms with Gasteiger partial charge in [0.25, 0.3) is 5.56 Å². The normalized spacial score (nSPS) is 14.5. The Hall–Kier alpha value is -2.54. The maximum atomic E-state index is 12.3. The molecule has 1 N–H and O–H groups in total. The van der Waals surface area contributed by atoms with Crippen molar-refractivity contribution in [3.05, 3.63) is 51.4 Å². The minimum Gasteiger partial charge on any atom is -0.306 e. The van der Waals surface area contributed by atoms with Crippen molar-refractivity contribution in [3.8, 4) is 10.6 Å². The molecule has 3 aromatic heterocycles. The SMILES string of the molecule is Cc1csc(-c2cnc(C=Cc3ccnn3CC3CC3)[nH]c2=O)n1. The molecule has 1 aliphatic rings. The number of hydrogen-bond acceptors (Lipinski definition) is 5. The van der Waals surface area contributed by atoms with E-state index in [4.69, 9.17) is 0 Å². The van der Waals surface area contributed by atoms with E-state index in [1.54, 1.807) is 18.5 Å². The molecule has 6 nitrogen and oxygen atoms in total. The molecule has 1 fully saturated rings. The summed E-state index contributed by atoms with van der Waals surface area (Å²) in [5.41, 5.74) is 2.25. The molecular formula is C17H17N5OS. The van der Waals surface area contributed by atoms with Crippen LogP contribution in [0.2, 0.25) is 0 Å². The first-order valence-corrected chi connectivity index (χ1v) is 8.79. The highest BCUT2D eigenvalue weighted by molar-refractivity contribution is 7.13. The molecule has 122 valence electrons. The molecule has 0 unspecified atom stereocenters. The van der Waals surface area contributed by atoms with Gasteiger partial charge < -0.3 is 4.98 Å². The third kappa shape index (κ3) is 3.21. The van der Waals surface area contributed by atoms with Crippen molar-refractivity contribution in [1.82, 2.24) is 24.7 Å². The molecule has 3 heterocycles. The molecule has 0 radical (unpaired) electrons. The van der Waals surface area contributed by atoms with Gasteiger partial charge in [0.15, 0.2) is 0 Å². The van der Waals surface area contributed by atoms with Crippen LogP contribution in [-0.4, -0.2) is 24.7 Å². The zero-order chi connectivity index (χ0) is 16.5. The Kier molecular flexibility index (Phi) is 3.86. The first kappa shape index (κ1) is 15.0. The summed E-state index contributed by atoms with van der Waals surface area (Å²) in [6.07, 6.45) is 9.69. The Balaban J connectivity index is 1.56. The summed E-state index contributed by atoms with van der Waals surface area (Å²) in [5, 5.41) is 6.96. The van der Waals surface area contributed by atoms with Crippen LogP contribution < -0.4 is 5.56 Å². The fourth-order valence-electron chi connectivity index (χ4n) is 2.47. The second-order valence-electron chi connectivity index (χ2n) is 6.02. The first-order chi connectivity index (χ1) is 11.7. The zero-order valence-corrected chi connectivity index (χ0v) is 14.1. The number of aryl methyl sites for hydroxylation is 1. The van der Waals surface area contributed by atoms with Crippen LogP contribution in [0.15, 0.2) is 28.6 Å². The van der Waals surface area contributed by atoms with Gasteiger partial charge >= 0.3 is 0 Å². The second kappa shape index (κ2) is 6.16. The maximum absolute atomic E-state index is 12.3. The molecule has 0 aliphatic heterocycles. The molecule has 0 amide bonds. The summed E-state index contributed by atoms with van der Waals surface area (Å²) >= 11 is 1.45. The summed E-state index contributed by atoms with van der Waals surface area (Å²) < 4.78 is 2.00. The highest BCUT2D eigenvalue weighted by atomic mass is 32.1. The fourth-order valence-corrected chi connectivity index (χ4v) is 3.27. The molecule has 1 saturated carbocycles. The lowest BCUT2D eigenvalue weighted by molar-refractivity contribution is 0.559. The van der Waals surface area contributed by atoms with E-state index in [1.165, 1.54) is 24.2 Å². The highest BCUT2D eigenvalue weighted by Crippen LogP contribution is 2.30. The molecule has 0 atom stereocenters. The van der Waals surface area contributed by atoms with Gasteiger partial charge in [-0.3, -0.25) is 9.48 Å². The fraction of sp³-hybridized carbons (Fsp3) is 0.294. The van der Waals surface area contributed by atoms with Crippen molar-refractivity contribution in [1.29, 1.82) is 0 Å². The molecule has 1 aliphatic carbocycles. The first-order valence-electron chi connectivity index (χ1n) is 7.91. The average molecular weight is 339 g/mol. The van der Waals surface area contributed by atoms with Gasteiger partial charge in [0.1, 0.15) is 10.8 Å². The van der Waals surface area contributed by atoms with Crippen LogP contribution in [0.3, 0.4) is 0 Å². The summed E-state index contributed by atoms with van der Waals surface area (Å²) in [6, 6.07) is 1.96. The molecule has 0 spiro atoms.